The van der Waals surface area contributed by atoms with Crippen LogP contribution in [0.2, 0.25) is 0 Å². The Morgan fingerprint density at radius 2 is 2.08 bits per heavy atom. The molecule has 0 aliphatic rings. The molecule has 0 amide bonds. The van der Waals surface area contributed by atoms with Gasteiger partial charge in [-0.1, -0.05) is 35.8 Å². The molecule has 0 saturated heterocycles. The molecule has 12 heavy (non-hydrogen) atoms. The number of halogens is 1. The quantitative estimate of drug-likeness (QED) is 0.826. The predicted molar refractivity (Wildman–Crippen MR) is 54.2 cm³/mol. The molecule has 2 heteroatoms. The van der Waals surface area contributed by atoms with Crippen molar-refractivity contribution in [2.75, 3.05) is 0 Å². The molecule has 0 aliphatic heterocycles. The van der Waals surface area contributed by atoms with Gasteiger partial charge >= 0.3 is 0 Å². The van der Waals surface area contributed by atoms with E-state index < -0.39 is 0 Å². The number of rotatable bonds is 2. The zero-order valence-corrected chi connectivity index (χ0v) is 8.93. The molecule has 0 bridgehead atoms. The van der Waals surface area contributed by atoms with Gasteiger partial charge in [-0.2, -0.15) is 0 Å². The van der Waals surface area contributed by atoms with E-state index in [1.54, 1.807) is 0 Å². The summed E-state index contributed by atoms with van der Waals surface area (Å²) in [7, 11) is 0. The Kier molecular flexibility index (Phi) is 3.29. The summed E-state index contributed by atoms with van der Waals surface area (Å²) in [5, 5.41) is 9.04. The van der Waals surface area contributed by atoms with Crippen molar-refractivity contribution >= 4 is 15.9 Å². The first-order valence-corrected chi connectivity index (χ1v) is 4.83. The van der Waals surface area contributed by atoms with Crippen LogP contribution < -0.4 is 0 Å². The lowest BCUT2D eigenvalue weighted by atomic mass is 9.98. The Bertz CT molecular complexity index is 269. The molecule has 1 rings (SSSR count). The summed E-state index contributed by atoms with van der Waals surface area (Å²) in [6, 6.07) is 5.98. The van der Waals surface area contributed by atoms with E-state index in [9.17, 15) is 0 Å². The lowest BCUT2D eigenvalue weighted by molar-refractivity contribution is 0.280. The molecule has 0 radical (unpaired) electrons. The molecule has 0 unspecified atom stereocenters. The zero-order chi connectivity index (χ0) is 9.14. The standard InChI is InChI=1S/C10H13BrO/c1-7(2)10-5-9(11)4-3-8(10)6-12/h3-5,7,12H,6H2,1-2H3. The van der Waals surface area contributed by atoms with Crippen molar-refractivity contribution in [1.29, 1.82) is 0 Å². The minimum atomic E-state index is 0.126. The highest BCUT2D eigenvalue weighted by Gasteiger charge is 2.05. The normalized spacial score (nSPS) is 10.8. The second kappa shape index (κ2) is 4.06. The van der Waals surface area contributed by atoms with Crippen LogP contribution in [0.25, 0.3) is 0 Å². The largest absolute Gasteiger partial charge is 0.392 e. The van der Waals surface area contributed by atoms with Crippen molar-refractivity contribution in [3.8, 4) is 0 Å². The summed E-state index contributed by atoms with van der Waals surface area (Å²) in [5.74, 6) is 0.463. The van der Waals surface area contributed by atoms with Gasteiger partial charge in [0.25, 0.3) is 0 Å². The van der Waals surface area contributed by atoms with Crippen LogP contribution in [0.5, 0.6) is 0 Å². The third-order valence-electron chi connectivity index (χ3n) is 1.90. The summed E-state index contributed by atoms with van der Waals surface area (Å²) in [6.45, 7) is 4.38. The number of aliphatic hydroxyl groups is 1. The SMILES string of the molecule is CC(C)c1cc(Br)ccc1CO. The van der Waals surface area contributed by atoms with E-state index in [0.717, 1.165) is 10.0 Å². The maximum Gasteiger partial charge on any atom is 0.0684 e. The van der Waals surface area contributed by atoms with Gasteiger partial charge in [0.1, 0.15) is 0 Å². The lowest BCUT2D eigenvalue weighted by Gasteiger charge is -2.10. The second-order valence-electron chi connectivity index (χ2n) is 3.16. The number of benzene rings is 1. The van der Waals surface area contributed by atoms with Gasteiger partial charge in [-0.15, -0.1) is 0 Å². The van der Waals surface area contributed by atoms with Crippen LogP contribution in [0.15, 0.2) is 22.7 Å². The number of aliphatic hydroxyl groups excluding tert-OH is 1. The first kappa shape index (κ1) is 9.75. The van der Waals surface area contributed by atoms with Gasteiger partial charge in [-0.05, 0) is 29.2 Å². The third kappa shape index (κ3) is 2.08. The molecular weight excluding hydrogens is 216 g/mol. The van der Waals surface area contributed by atoms with Crippen LogP contribution in [-0.2, 0) is 6.61 Å². The van der Waals surface area contributed by atoms with Gasteiger partial charge in [-0.25, -0.2) is 0 Å². The van der Waals surface area contributed by atoms with E-state index in [-0.39, 0.29) is 6.61 Å². The minimum absolute atomic E-state index is 0.126. The Morgan fingerprint density at radius 1 is 1.42 bits per heavy atom. The van der Waals surface area contributed by atoms with Gasteiger partial charge in [0.15, 0.2) is 0 Å². The maximum atomic E-state index is 9.04. The average Bonchev–Trinajstić information content (AvgIpc) is 2.04. The van der Waals surface area contributed by atoms with Crippen LogP contribution in [0.1, 0.15) is 30.9 Å². The first-order chi connectivity index (χ1) is 5.65. The van der Waals surface area contributed by atoms with Crippen LogP contribution >= 0.6 is 15.9 Å². The van der Waals surface area contributed by atoms with E-state index in [4.69, 9.17) is 5.11 Å². The molecule has 1 nitrogen and oxygen atoms in total. The van der Waals surface area contributed by atoms with Crippen molar-refractivity contribution < 1.29 is 5.11 Å². The van der Waals surface area contributed by atoms with Crippen LogP contribution in [-0.4, -0.2) is 5.11 Å². The van der Waals surface area contributed by atoms with Crippen LogP contribution in [0.4, 0.5) is 0 Å². The fourth-order valence-electron chi connectivity index (χ4n) is 1.25. The molecule has 0 spiro atoms. The van der Waals surface area contributed by atoms with E-state index in [1.807, 2.05) is 12.1 Å². The summed E-state index contributed by atoms with van der Waals surface area (Å²) in [6.07, 6.45) is 0. The molecule has 1 aromatic rings. The highest BCUT2D eigenvalue weighted by Crippen LogP contribution is 2.23. The maximum absolute atomic E-state index is 9.04. The molecule has 1 aromatic carbocycles. The first-order valence-electron chi connectivity index (χ1n) is 4.04. The monoisotopic (exact) mass is 228 g/mol. The topological polar surface area (TPSA) is 20.2 Å². The second-order valence-corrected chi connectivity index (χ2v) is 4.07. The Balaban J connectivity index is 3.12. The van der Waals surface area contributed by atoms with Crippen molar-refractivity contribution in [3.63, 3.8) is 0 Å². The van der Waals surface area contributed by atoms with E-state index in [1.165, 1.54) is 5.56 Å². The summed E-state index contributed by atoms with van der Waals surface area (Å²) in [5.41, 5.74) is 2.24. The van der Waals surface area contributed by atoms with Crippen LogP contribution in [0, 0.1) is 0 Å². The van der Waals surface area contributed by atoms with Gasteiger partial charge < -0.3 is 5.11 Å². The Hall–Kier alpha value is -0.340. The van der Waals surface area contributed by atoms with E-state index >= 15 is 0 Å². The highest BCUT2D eigenvalue weighted by atomic mass is 79.9. The molecule has 0 aliphatic carbocycles. The molecule has 0 atom stereocenters. The third-order valence-corrected chi connectivity index (χ3v) is 2.39. The van der Waals surface area contributed by atoms with Crippen molar-refractivity contribution in [1.82, 2.24) is 0 Å². The number of hydrogen-bond donors (Lipinski definition) is 1. The summed E-state index contributed by atoms with van der Waals surface area (Å²) in [4.78, 5) is 0. The summed E-state index contributed by atoms with van der Waals surface area (Å²) < 4.78 is 1.07. The average molecular weight is 229 g/mol. The fraction of sp³-hybridized carbons (Fsp3) is 0.400. The van der Waals surface area contributed by atoms with Crippen LogP contribution in [0.3, 0.4) is 0 Å². The molecule has 0 aromatic heterocycles. The fourth-order valence-corrected chi connectivity index (χ4v) is 1.63. The molecule has 1 N–H and O–H groups in total. The Morgan fingerprint density at radius 3 is 2.58 bits per heavy atom. The van der Waals surface area contributed by atoms with Crippen molar-refractivity contribution in [2.45, 2.75) is 26.4 Å². The predicted octanol–water partition coefficient (Wildman–Crippen LogP) is 3.06. The van der Waals surface area contributed by atoms with Crippen molar-refractivity contribution in [3.05, 3.63) is 33.8 Å². The highest BCUT2D eigenvalue weighted by molar-refractivity contribution is 9.10. The molecule has 0 heterocycles. The molecular formula is C10H13BrO. The number of hydrogen-bond acceptors (Lipinski definition) is 1. The smallest absolute Gasteiger partial charge is 0.0684 e. The van der Waals surface area contributed by atoms with Gasteiger partial charge in [-0.3, -0.25) is 0 Å². The summed E-state index contributed by atoms with van der Waals surface area (Å²) >= 11 is 3.41. The zero-order valence-electron chi connectivity index (χ0n) is 7.34. The molecule has 0 saturated carbocycles. The Labute approximate surface area is 81.6 Å². The lowest BCUT2D eigenvalue weighted by Crippen LogP contribution is -1.95. The van der Waals surface area contributed by atoms with E-state index in [0.29, 0.717) is 5.92 Å². The van der Waals surface area contributed by atoms with Gasteiger partial charge in [0, 0.05) is 4.47 Å². The van der Waals surface area contributed by atoms with Gasteiger partial charge in [0.05, 0.1) is 6.61 Å². The van der Waals surface area contributed by atoms with Crippen molar-refractivity contribution in [2.24, 2.45) is 0 Å². The van der Waals surface area contributed by atoms with Gasteiger partial charge in [0.2, 0.25) is 0 Å². The molecule has 0 fully saturated rings. The minimum Gasteiger partial charge on any atom is -0.392 e. The van der Waals surface area contributed by atoms with E-state index in [2.05, 4.69) is 35.8 Å². The molecule has 66 valence electrons.